The number of rotatable bonds is 0. The lowest BCUT2D eigenvalue weighted by molar-refractivity contribution is 0.571. The molecule has 0 bridgehead atoms. The quantitative estimate of drug-likeness (QED) is 0.576. The number of nitrogens with two attached hydrogens (primary N) is 1. The zero-order chi connectivity index (χ0) is 10.3. The van der Waals surface area contributed by atoms with Crippen molar-refractivity contribution in [1.29, 1.82) is 0 Å². The number of hydrogen-bond donors (Lipinski definition) is 3. The molecule has 1 aromatic rings. The zero-order valence-corrected chi connectivity index (χ0v) is 8.68. The van der Waals surface area contributed by atoms with Gasteiger partial charge in [0.05, 0.1) is 12.4 Å². The minimum Gasteiger partial charge on any atom is -0.368 e. The average Bonchev–Trinajstić information content (AvgIpc) is 2.47. The van der Waals surface area contributed by atoms with Crippen LogP contribution in [-0.2, 0) is 5.41 Å². The summed E-state index contributed by atoms with van der Waals surface area (Å²) in [5.41, 5.74) is 7.55. The largest absolute Gasteiger partial charge is 0.368 e. The van der Waals surface area contributed by atoms with Crippen molar-refractivity contribution in [3.8, 4) is 0 Å². The molecule has 76 valence electrons. The van der Waals surface area contributed by atoms with Gasteiger partial charge in [-0.25, -0.2) is 4.98 Å². The summed E-state index contributed by atoms with van der Waals surface area (Å²) in [6.45, 7) is 7.01. The Kier molecular flexibility index (Phi) is 1.77. The molecule has 0 saturated heterocycles. The van der Waals surface area contributed by atoms with Gasteiger partial charge in [0.15, 0.2) is 5.82 Å². The molecule has 14 heavy (non-hydrogen) atoms. The van der Waals surface area contributed by atoms with Crippen LogP contribution in [0.15, 0.2) is 0 Å². The standard InChI is InChI=1S/C9H15N5/c1-9(2,3)6-5-7(12-4-11-5)14-8(10)13-6/h11H,4H2,1-3H3,(H3,10,12,13,14). The van der Waals surface area contributed by atoms with Crippen molar-refractivity contribution in [3.63, 3.8) is 0 Å². The number of nitrogens with one attached hydrogen (secondary N) is 2. The smallest absolute Gasteiger partial charge is 0.222 e. The van der Waals surface area contributed by atoms with E-state index < -0.39 is 0 Å². The van der Waals surface area contributed by atoms with Gasteiger partial charge in [-0.3, -0.25) is 0 Å². The number of anilines is 3. The maximum absolute atomic E-state index is 5.64. The summed E-state index contributed by atoms with van der Waals surface area (Å²) in [5, 5.41) is 6.32. The van der Waals surface area contributed by atoms with Gasteiger partial charge in [0.25, 0.3) is 0 Å². The van der Waals surface area contributed by atoms with Crippen molar-refractivity contribution in [1.82, 2.24) is 9.97 Å². The molecule has 1 aliphatic rings. The van der Waals surface area contributed by atoms with Crippen LogP contribution in [0.2, 0.25) is 0 Å². The molecular formula is C9H15N5. The van der Waals surface area contributed by atoms with E-state index in [1.165, 1.54) is 0 Å². The van der Waals surface area contributed by atoms with Gasteiger partial charge in [-0.2, -0.15) is 4.98 Å². The van der Waals surface area contributed by atoms with Gasteiger partial charge in [-0.1, -0.05) is 20.8 Å². The van der Waals surface area contributed by atoms with Crippen LogP contribution >= 0.6 is 0 Å². The molecule has 1 aliphatic heterocycles. The van der Waals surface area contributed by atoms with E-state index in [9.17, 15) is 0 Å². The number of hydrogen-bond acceptors (Lipinski definition) is 5. The monoisotopic (exact) mass is 193 g/mol. The number of fused-ring (bicyclic) bond motifs is 1. The van der Waals surface area contributed by atoms with E-state index in [1.807, 2.05) is 0 Å². The lowest BCUT2D eigenvalue weighted by atomic mass is 9.90. The summed E-state index contributed by atoms with van der Waals surface area (Å²) < 4.78 is 0. The molecule has 0 amide bonds. The fourth-order valence-electron chi connectivity index (χ4n) is 1.53. The van der Waals surface area contributed by atoms with E-state index in [4.69, 9.17) is 5.73 Å². The zero-order valence-electron chi connectivity index (χ0n) is 8.68. The molecule has 1 aromatic heterocycles. The number of nitrogens with zero attached hydrogens (tertiary/aromatic N) is 2. The van der Waals surface area contributed by atoms with Crippen LogP contribution in [0, 0.1) is 0 Å². The molecule has 0 atom stereocenters. The normalized spacial score (nSPS) is 14.5. The lowest BCUT2D eigenvalue weighted by Gasteiger charge is -2.20. The summed E-state index contributed by atoms with van der Waals surface area (Å²) in [4.78, 5) is 8.40. The molecule has 0 spiro atoms. The van der Waals surface area contributed by atoms with E-state index in [1.54, 1.807) is 0 Å². The molecule has 0 saturated carbocycles. The van der Waals surface area contributed by atoms with Crippen LogP contribution in [0.3, 0.4) is 0 Å². The van der Waals surface area contributed by atoms with Crippen LogP contribution in [0.1, 0.15) is 26.5 Å². The summed E-state index contributed by atoms with van der Waals surface area (Å²) in [7, 11) is 0. The fourth-order valence-corrected chi connectivity index (χ4v) is 1.53. The highest BCUT2D eigenvalue weighted by molar-refractivity contribution is 5.73. The molecular weight excluding hydrogens is 178 g/mol. The lowest BCUT2D eigenvalue weighted by Crippen LogP contribution is -2.17. The molecule has 4 N–H and O–H groups in total. The van der Waals surface area contributed by atoms with Crippen molar-refractivity contribution in [2.24, 2.45) is 0 Å². The Labute approximate surface area is 83.1 Å². The summed E-state index contributed by atoms with van der Waals surface area (Å²) in [6.07, 6.45) is 0. The second-order valence-electron chi connectivity index (χ2n) is 4.43. The molecule has 5 heteroatoms. The number of nitrogen functional groups attached to an aromatic ring is 1. The Bertz CT molecular complexity index is 366. The minimum absolute atomic E-state index is 0.0276. The van der Waals surface area contributed by atoms with E-state index >= 15 is 0 Å². The van der Waals surface area contributed by atoms with Crippen molar-refractivity contribution >= 4 is 17.5 Å². The SMILES string of the molecule is CC(C)(C)c1nc(N)nc2c1NCN2. The third-order valence-electron chi connectivity index (χ3n) is 2.16. The summed E-state index contributed by atoms with van der Waals surface area (Å²) in [6, 6.07) is 0. The van der Waals surface area contributed by atoms with Crippen LogP contribution in [-0.4, -0.2) is 16.6 Å². The van der Waals surface area contributed by atoms with Crippen LogP contribution < -0.4 is 16.4 Å². The van der Waals surface area contributed by atoms with Gasteiger partial charge in [0.2, 0.25) is 5.95 Å². The Balaban J connectivity index is 2.60. The molecule has 5 nitrogen and oxygen atoms in total. The van der Waals surface area contributed by atoms with Gasteiger partial charge in [-0.15, -0.1) is 0 Å². The van der Waals surface area contributed by atoms with Crippen molar-refractivity contribution < 1.29 is 0 Å². The average molecular weight is 193 g/mol. The predicted octanol–water partition coefficient (Wildman–Crippen LogP) is 1.15. The Morgan fingerprint density at radius 1 is 1.21 bits per heavy atom. The highest BCUT2D eigenvalue weighted by atomic mass is 15.2. The van der Waals surface area contributed by atoms with E-state index in [2.05, 4.69) is 41.4 Å². The maximum Gasteiger partial charge on any atom is 0.222 e. The molecule has 0 radical (unpaired) electrons. The second-order valence-corrected chi connectivity index (χ2v) is 4.43. The summed E-state index contributed by atoms with van der Waals surface area (Å²) in [5.74, 6) is 1.13. The van der Waals surface area contributed by atoms with Crippen LogP contribution in [0.4, 0.5) is 17.5 Å². The predicted molar refractivity (Wildman–Crippen MR) is 57.3 cm³/mol. The maximum atomic E-state index is 5.64. The highest BCUT2D eigenvalue weighted by Gasteiger charge is 2.26. The first-order chi connectivity index (χ1) is 6.48. The van der Waals surface area contributed by atoms with Crippen molar-refractivity contribution in [3.05, 3.63) is 5.69 Å². The second kappa shape index (κ2) is 2.73. The molecule has 2 heterocycles. The van der Waals surface area contributed by atoms with Crippen LogP contribution in [0.5, 0.6) is 0 Å². The van der Waals surface area contributed by atoms with Gasteiger partial charge < -0.3 is 16.4 Å². The Hall–Kier alpha value is -1.52. The number of aromatic nitrogens is 2. The third-order valence-corrected chi connectivity index (χ3v) is 2.16. The molecule has 0 aromatic carbocycles. The van der Waals surface area contributed by atoms with E-state index in [0.717, 1.165) is 17.2 Å². The van der Waals surface area contributed by atoms with Gasteiger partial charge in [0, 0.05) is 5.41 Å². The minimum atomic E-state index is -0.0276. The molecule has 0 aliphatic carbocycles. The molecule has 2 rings (SSSR count). The van der Waals surface area contributed by atoms with Gasteiger partial charge >= 0.3 is 0 Å². The topological polar surface area (TPSA) is 75.9 Å². The molecule has 0 fully saturated rings. The highest BCUT2D eigenvalue weighted by Crippen LogP contribution is 2.35. The van der Waals surface area contributed by atoms with E-state index in [0.29, 0.717) is 12.6 Å². The van der Waals surface area contributed by atoms with Crippen molar-refractivity contribution in [2.75, 3.05) is 23.0 Å². The fraction of sp³-hybridized carbons (Fsp3) is 0.556. The van der Waals surface area contributed by atoms with Crippen LogP contribution in [0.25, 0.3) is 0 Å². The molecule has 0 unspecified atom stereocenters. The van der Waals surface area contributed by atoms with Gasteiger partial charge in [0.1, 0.15) is 5.69 Å². The third kappa shape index (κ3) is 1.34. The van der Waals surface area contributed by atoms with E-state index in [-0.39, 0.29) is 5.41 Å². The van der Waals surface area contributed by atoms with Crippen molar-refractivity contribution in [2.45, 2.75) is 26.2 Å². The first-order valence-corrected chi connectivity index (χ1v) is 4.64. The van der Waals surface area contributed by atoms with Gasteiger partial charge in [-0.05, 0) is 0 Å². The Morgan fingerprint density at radius 3 is 2.57 bits per heavy atom. The first kappa shape index (κ1) is 9.05. The Morgan fingerprint density at radius 2 is 1.93 bits per heavy atom. The first-order valence-electron chi connectivity index (χ1n) is 4.64. The summed E-state index contributed by atoms with van der Waals surface area (Å²) >= 11 is 0.